The van der Waals surface area contributed by atoms with Crippen molar-refractivity contribution in [3.63, 3.8) is 0 Å². The first kappa shape index (κ1) is 12.1. The molecule has 0 aromatic carbocycles. The molecule has 17 heavy (non-hydrogen) atoms. The number of hydrogen-bond acceptors (Lipinski definition) is 5. The third-order valence-electron chi connectivity index (χ3n) is 3.42. The van der Waals surface area contributed by atoms with Crippen molar-refractivity contribution < 1.29 is 4.74 Å². The van der Waals surface area contributed by atoms with Gasteiger partial charge in [0.15, 0.2) is 5.75 Å². The van der Waals surface area contributed by atoms with Crippen LogP contribution in [0.15, 0.2) is 12.4 Å². The Balaban J connectivity index is 2.12. The smallest absolute Gasteiger partial charge is 0.225 e. The summed E-state index contributed by atoms with van der Waals surface area (Å²) >= 11 is 0. The average molecular weight is 236 g/mol. The number of aromatic nitrogens is 2. The first-order chi connectivity index (χ1) is 8.24. The van der Waals surface area contributed by atoms with Gasteiger partial charge >= 0.3 is 0 Å². The van der Waals surface area contributed by atoms with Gasteiger partial charge < -0.3 is 15.4 Å². The van der Waals surface area contributed by atoms with E-state index in [0.717, 1.165) is 25.5 Å². The normalized spacial score (nSPS) is 24.8. The summed E-state index contributed by atoms with van der Waals surface area (Å²) in [5.41, 5.74) is 5.75. The lowest BCUT2D eigenvalue weighted by Gasteiger charge is -2.37. The highest BCUT2D eigenvalue weighted by molar-refractivity contribution is 5.33. The van der Waals surface area contributed by atoms with E-state index in [4.69, 9.17) is 10.5 Å². The molecule has 0 aliphatic carbocycles. The molecule has 2 N–H and O–H groups in total. The standard InChI is InChI=1S/C12H20N4O/c1-9-3-4-10(5-13)8-16(9)12-14-6-11(17-2)7-15-12/h6-7,9-10H,3-5,8,13H2,1-2H3. The number of nitrogens with two attached hydrogens (primary N) is 1. The molecule has 0 bridgehead atoms. The van der Waals surface area contributed by atoms with E-state index >= 15 is 0 Å². The largest absolute Gasteiger partial charge is 0.494 e. The van der Waals surface area contributed by atoms with Crippen molar-refractivity contribution in [2.75, 3.05) is 25.1 Å². The molecule has 1 aromatic heterocycles. The monoisotopic (exact) mass is 236 g/mol. The van der Waals surface area contributed by atoms with Gasteiger partial charge in [-0.25, -0.2) is 9.97 Å². The zero-order chi connectivity index (χ0) is 12.3. The Bertz CT molecular complexity index is 354. The summed E-state index contributed by atoms with van der Waals surface area (Å²) < 4.78 is 5.06. The first-order valence-electron chi connectivity index (χ1n) is 6.07. The minimum atomic E-state index is 0.478. The van der Waals surface area contributed by atoms with Crippen LogP contribution < -0.4 is 15.4 Å². The van der Waals surface area contributed by atoms with E-state index < -0.39 is 0 Å². The molecule has 5 nitrogen and oxygen atoms in total. The Kier molecular flexibility index (Phi) is 3.78. The molecule has 0 radical (unpaired) electrons. The molecule has 1 aliphatic rings. The van der Waals surface area contributed by atoms with Crippen LogP contribution in [0.5, 0.6) is 5.75 Å². The first-order valence-corrected chi connectivity index (χ1v) is 6.07. The molecular formula is C12H20N4O. The summed E-state index contributed by atoms with van der Waals surface area (Å²) in [7, 11) is 1.62. The van der Waals surface area contributed by atoms with Gasteiger partial charge in [0.05, 0.1) is 19.5 Å². The van der Waals surface area contributed by atoms with Crippen LogP contribution in [0.1, 0.15) is 19.8 Å². The Hall–Kier alpha value is -1.36. The summed E-state index contributed by atoms with van der Waals surface area (Å²) in [5, 5.41) is 0. The van der Waals surface area contributed by atoms with Crippen LogP contribution in [0.25, 0.3) is 0 Å². The van der Waals surface area contributed by atoms with Crippen molar-refractivity contribution in [2.45, 2.75) is 25.8 Å². The van der Waals surface area contributed by atoms with E-state index in [0.29, 0.717) is 17.7 Å². The highest BCUT2D eigenvalue weighted by atomic mass is 16.5. The fourth-order valence-corrected chi connectivity index (χ4v) is 2.22. The lowest BCUT2D eigenvalue weighted by molar-refractivity contribution is 0.368. The van der Waals surface area contributed by atoms with Crippen LogP contribution in [-0.4, -0.2) is 36.2 Å². The quantitative estimate of drug-likeness (QED) is 0.849. The molecule has 2 atom stereocenters. The molecule has 1 aliphatic heterocycles. The number of nitrogens with zero attached hydrogens (tertiary/aromatic N) is 3. The SMILES string of the molecule is COc1cnc(N2CC(CN)CCC2C)nc1. The molecule has 94 valence electrons. The number of ether oxygens (including phenoxy) is 1. The molecule has 2 heterocycles. The van der Waals surface area contributed by atoms with Crippen molar-refractivity contribution in [3.05, 3.63) is 12.4 Å². The van der Waals surface area contributed by atoms with E-state index in [-0.39, 0.29) is 0 Å². The zero-order valence-corrected chi connectivity index (χ0v) is 10.5. The van der Waals surface area contributed by atoms with Crippen molar-refractivity contribution in [1.82, 2.24) is 9.97 Å². The number of methoxy groups -OCH3 is 1. The molecule has 0 spiro atoms. The van der Waals surface area contributed by atoms with E-state index in [9.17, 15) is 0 Å². The summed E-state index contributed by atoms with van der Waals surface area (Å²) in [4.78, 5) is 10.9. The van der Waals surface area contributed by atoms with Gasteiger partial charge in [-0.3, -0.25) is 0 Å². The van der Waals surface area contributed by atoms with Gasteiger partial charge in [0.25, 0.3) is 0 Å². The molecule has 1 saturated heterocycles. The van der Waals surface area contributed by atoms with Crippen LogP contribution in [0.3, 0.4) is 0 Å². The highest BCUT2D eigenvalue weighted by Gasteiger charge is 2.26. The van der Waals surface area contributed by atoms with Gasteiger partial charge in [0.2, 0.25) is 5.95 Å². The van der Waals surface area contributed by atoms with Crippen molar-refractivity contribution >= 4 is 5.95 Å². The predicted octanol–water partition coefficient (Wildman–Crippen LogP) is 1.05. The molecule has 1 fully saturated rings. The number of hydrogen-bond donors (Lipinski definition) is 1. The van der Waals surface area contributed by atoms with E-state index in [1.165, 1.54) is 6.42 Å². The fourth-order valence-electron chi connectivity index (χ4n) is 2.22. The highest BCUT2D eigenvalue weighted by Crippen LogP contribution is 2.25. The van der Waals surface area contributed by atoms with Crippen LogP contribution in [0.2, 0.25) is 0 Å². The summed E-state index contributed by atoms with van der Waals surface area (Å²) in [5.74, 6) is 2.02. The lowest BCUT2D eigenvalue weighted by atomic mass is 9.94. The number of rotatable bonds is 3. The molecule has 5 heteroatoms. The maximum Gasteiger partial charge on any atom is 0.225 e. The summed E-state index contributed by atoms with van der Waals surface area (Å²) in [6, 6.07) is 0.478. The van der Waals surface area contributed by atoms with Crippen molar-refractivity contribution in [1.29, 1.82) is 0 Å². The third-order valence-corrected chi connectivity index (χ3v) is 3.42. The average Bonchev–Trinajstić information content (AvgIpc) is 2.39. The molecule has 1 aromatic rings. The topological polar surface area (TPSA) is 64.3 Å². The van der Waals surface area contributed by atoms with Crippen LogP contribution in [0.4, 0.5) is 5.95 Å². The fraction of sp³-hybridized carbons (Fsp3) is 0.667. The molecule has 0 amide bonds. The van der Waals surface area contributed by atoms with Crippen molar-refractivity contribution in [2.24, 2.45) is 11.7 Å². The Morgan fingerprint density at radius 3 is 2.71 bits per heavy atom. The zero-order valence-electron chi connectivity index (χ0n) is 10.5. The second kappa shape index (κ2) is 5.31. The predicted molar refractivity (Wildman–Crippen MR) is 67.2 cm³/mol. The van der Waals surface area contributed by atoms with Gasteiger partial charge in [-0.05, 0) is 32.2 Å². The van der Waals surface area contributed by atoms with Gasteiger partial charge in [-0.15, -0.1) is 0 Å². The van der Waals surface area contributed by atoms with Gasteiger partial charge in [-0.1, -0.05) is 0 Å². The van der Waals surface area contributed by atoms with E-state index in [1.54, 1.807) is 19.5 Å². The maximum atomic E-state index is 5.75. The van der Waals surface area contributed by atoms with Gasteiger partial charge in [0, 0.05) is 12.6 Å². The second-order valence-electron chi connectivity index (χ2n) is 4.60. The maximum absolute atomic E-state index is 5.75. The Labute approximate surface area is 102 Å². The van der Waals surface area contributed by atoms with Crippen LogP contribution in [0, 0.1) is 5.92 Å². The minimum absolute atomic E-state index is 0.478. The second-order valence-corrected chi connectivity index (χ2v) is 4.60. The van der Waals surface area contributed by atoms with E-state index in [1.807, 2.05) is 0 Å². The summed E-state index contributed by atoms with van der Waals surface area (Å²) in [6.45, 7) is 3.89. The summed E-state index contributed by atoms with van der Waals surface area (Å²) in [6.07, 6.45) is 5.77. The van der Waals surface area contributed by atoms with E-state index in [2.05, 4.69) is 21.8 Å². The van der Waals surface area contributed by atoms with Gasteiger partial charge in [0.1, 0.15) is 0 Å². The van der Waals surface area contributed by atoms with Gasteiger partial charge in [-0.2, -0.15) is 0 Å². The van der Waals surface area contributed by atoms with Crippen LogP contribution in [-0.2, 0) is 0 Å². The minimum Gasteiger partial charge on any atom is -0.494 e. The van der Waals surface area contributed by atoms with Crippen molar-refractivity contribution in [3.8, 4) is 5.75 Å². The molecular weight excluding hydrogens is 216 g/mol. The Morgan fingerprint density at radius 2 is 2.12 bits per heavy atom. The Morgan fingerprint density at radius 1 is 1.41 bits per heavy atom. The lowest BCUT2D eigenvalue weighted by Crippen LogP contribution is -2.44. The molecule has 2 rings (SSSR count). The number of piperidine rings is 1. The third kappa shape index (κ3) is 2.66. The molecule has 2 unspecified atom stereocenters. The molecule has 0 saturated carbocycles. The number of anilines is 1. The van der Waals surface area contributed by atoms with Crippen LogP contribution >= 0.6 is 0 Å².